The van der Waals surface area contributed by atoms with Crippen molar-refractivity contribution in [2.24, 2.45) is 0 Å². The first-order chi connectivity index (χ1) is 12.6. The number of carbonyl (C=O) groups is 2. The lowest BCUT2D eigenvalue weighted by atomic mass is 10.1. The van der Waals surface area contributed by atoms with Crippen molar-refractivity contribution in [3.63, 3.8) is 0 Å². The molecule has 0 atom stereocenters. The Balaban J connectivity index is 1.42. The van der Waals surface area contributed by atoms with Crippen LogP contribution < -0.4 is 5.32 Å². The molecule has 0 aliphatic carbocycles. The lowest BCUT2D eigenvalue weighted by Gasteiger charge is -2.34. The molecule has 1 N–H and O–H groups in total. The van der Waals surface area contributed by atoms with Crippen LogP contribution in [0, 0.1) is 0 Å². The van der Waals surface area contributed by atoms with Crippen molar-refractivity contribution in [1.82, 2.24) is 9.80 Å². The number of benzene rings is 2. The maximum absolute atomic E-state index is 12.4. The van der Waals surface area contributed by atoms with E-state index in [-0.39, 0.29) is 11.8 Å². The van der Waals surface area contributed by atoms with Crippen LogP contribution in [0.5, 0.6) is 0 Å². The number of nitrogens with zero attached hydrogens (tertiary/aromatic N) is 2. The fraction of sp³-hybridized carbons (Fsp3) is 0.300. The highest BCUT2D eigenvalue weighted by molar-refractivity contribution is 6.30. The molecule has 0 unspecified atom stereocenters. The maximum Gasteiger partial charge on any atom is 0.238 e. The maximum atomic E-state index is 12.4. The number of amides is 2. The van der Waals surface area contributed by atoms with E-state index in [1.165, 1.54) is 0 Å². The van der Waals surface area contributed by atoms with Gasteiger partial charge >= 0.3 is 0 Å². The normalized spacial score (nSPS) is 14.9. The van der Waals surface area contributed by atoms with Crippen LogP contribution in [0.4, 0.5) is 5.69 Å². The molecule has 3 rings (SSSR count). The summed E-state index contributed by atoms with van der Waals surface area (Å²) in [5.74, 6) is 0.0813. The highest BCUT2D eigenvalue weighted by Crippen LogP contribution is 2.12. The van der Waals surface area contributed by atoms with E-state index in [1.807, 2.05) is 47.4 Å². The van der Waals surface area contributed by atoms with Gasteiger partial charge in [-0.2, -0.15) is 0 Å². The minimum absolute atomic E-state index is 0.0304. The topological polar surface area (TPSA) is 52.7 Å². The molecular formula is C20H22ClN3O2. The second kappa shape index (κ2) is 8.83. The summed E-state index contributed by atoms with van der Waals surface area (Å²) in [5, 5.41) is 3.56. The molecule has 1 aliphatic rings. The van der Waals surface area contributed by atoms with Gasteiger partial charge in [-0.1, -0.05) is 41.9 Å². The molecule has 1 saturated heterocycles. The average Bonchev–Trinajstić information content (AvgIpc) is 2.65. The van der Waals surface area contributed by atoms with Crippen molar-refractivity contribution < 1.29 is 9.59 Å². The molecule has 0 aromatic heterocycles. The van der Waals surface area contributed by atoms with Crippen LogP contribution in [0.2, 0.25) is 5.02 Å². The number of nitrogens with one attached hydrogen (secondary N) is 1. The van der Waals surface area contributed by atoms with Gasteiger partial charge in [-0.3, -0.25) is 14.5 Å². The van der Waals surface area contributed by atoms with Crippen molar-refractivity contribution >= 4 is 29.1 Å². The van der Waals surface area contributed by atoms with Crippen molar-refractivity contribution in [3.8, 4) is 0 Å². The minimum atomic E-state index is -0.0304. The number of anilines is 1. The van der Waals surface area contributed by atoms with Crippen molar-refractivity contribution in [1.29, 1.82) is 0 Å². The highest BCUT2D eigenvalue weighted by Gasteiger charge is 2.22. The van der Waals surface area contributed by atoms with Crippen LogP contribution in [0.1, 0.15) is 5.56 Å². The van der Waals surface area contributed by atoms with Gasteiger partial charge in [0.25, 0.3) is 0 Å². The van der Waals surface area contributed by atoms with Gasteiger partial charge < -0.3 is 10.2 Å². The van der Waals surface area contributed by atoms with Gasteiger partial charge in [0.05, 0.1) is 13.0 Å². The first-order valence-corrected chi connectivity index (χ1v) is 9.07. The fourth-order valence-electron chi connectivity index (χ4n) is 2.97. The summed E-state index contributed by atoms with van der Waals surface area (Å²) < 4.78 is 0. The van der Waals surface area contributed by atoms with Crippen LogP contribution >= 0.6 is 11.6 Å². The Morgan fingerprint density at radius 3 is 2.23 bits per heavy atom. The molecule has 2 aromatic rings. The Kier molecular flexibility index (Phi) is 6.26. The molecule has 0 saturated carbocycles. The summed E-state index contributed by atoms with van der Waals surface area (Å²) in [4.78, 5) is 28.5. The number of halogens is 1. The second-order valence-electron chi connectivity index (χ2n) is 6.37. The molecule has 6 heteroatoms. The molecule has 5 nitrogen and oxygen atoms in total. The Morgan fingerprint density at radius 1 is 0.923 bits per heavy atom. The first kappa shape index (κ1) is 18.4. The van der Waals surface area contributed by atoms with Crippen LogP contribution in [0.25, 0.3) is 0 Å². The number of rotatable bonds is 5. The fourth-order valence-corrected chi connectivity index (χ4v) is 3.10. The molecule has 2 aromatic carbocycles. The molecule has 0 bridgehead atoms. The largest absolute Gasteiger partial charge is 0.340 e. The monoisotopic (exact) mass is 371 g/mol. The number of para-hydroxylation sites is 1. The lowest BCUT2D eigenvalue weighted by molar-refractivity contribution is -0.132. The molecule has 0 radical (unpaired) electrons. The molecule has 1 heterocycles. The summed E-state index contributed by atoms with van der Waals surface area (Å²) in [7, 11) is 0. The standard InChI is InChI=1S/C20H22ClN3O2/c21-17-8-6-16(7-9-17)14-20(26)24-12-10-23(11-13-24)15-19(25)22-18-4-2-1-3-5-18/h1-9H,10-15H2,(H,22,25). The van der Waals surface area contributed by atoms with Gasteiger partial charge in [0.1, 0.15) is 0 Å². The summed E-state index contributed by atoms with van der Waals surface area (Å²) in [6, 6.07) is 16.8. The number of piperazine rings is 1. The van der Waals surface area contributed by atoms with Gasteiger partial charge in [-0.05, 0) is 29.8 Å². The first-order valence-electron chi connectivity index (χ1n) is 8.69. The average molecular weight is 372 g/mol. The van der Waals surface area contributed by atoms with Crippen molar-refractivity contribution in [2.75, 3.05) is 38.0 Å². The van der Waals surface area contributed by atoms with Crippen LogP contribution in [-0.4, -0.2) is 54.3 Å². The zero-order chi connectivity index (χ0) is 18.4. The zero-order valence-corrected chi connectivity index (χ0v) is 15.3. The smallest absolute Gasteiger partial charge is 0.238 e. The molecule has 0 spiro atoms. The quantitative estimate of drug-likeness (QED) is 0.879. The predicted octanol–water partition coefficient (Wildman–Crippen LogP) is 2.67. The summed E-state index contributed by atoms with van der Waals surface area (Å²) >= 11 is 5.87. The van der Waals surface area contributed by atoms with Crippen LogP contribution in [-0.2, 0) is 16.0 Å². The lowest BCUT2D eigenvalue weighted by Crippen LogP contribution is -2.50. The molecule has 1 fully saturated rings. The van der Waals surface area contributed by atoms with E-state index >= 15 is 0 Å². The van der Waals surface area contributed by atoms with E-state index in [1.54, 1.807) is 12.1 Å². The number of hydrogen-bond acceptors (Lipinski definition) is 3. The van der Waals surface area contributed by atoms with E-state index in [0.29, 0.717) is 44.2 Å². The number of carbonyl (C=O) groups excluding carboxylic acids is 2. The predicted molar refractivity (Wildman–Crippen MR) is 103 cm³/mol. The van der Waals surface area contributed by atoms with Gasteiger partial charge in [-0.25, -0.2) is 0 Å². The Hall–Kier alpha value is -2.37. The van der Waals surface area contributed by atoms with Gasteiger partial charge in [0.15, 0.2) is 0 Å². The Labute approximate surface area is 158 Å². The van der Waals surface area contributed by atoms with Gasteiger partial charge in [0.2, 0.25) is 11.8 Å². The molecule has 26 heavy (non-hydrogen) atoms. The minimum Gasteiger partial charge on any atom is -0.340 e. The van der Waals surface area contributed by atoms with Crippen LogP contribution in [0.3, 0.4) is 0 Å². The second-order valence-corrected chi connectivity index (χ2v) is 6.81. The molecule has 136 valence electrons. The zero-order valence-electron chi connectivity index (χ0n) is 14.5. The SMILES string of the molecule is O=C(CN1CCN(C(=O)Cc2ccc(Cl)cc2)CC1)Nc1ccccc1. The third-order valence-electron chi connectivity index (χ3n) is 4.42. The molecule has 1 aliphatic heterocycles. The van der Waals surface area contributed by atoms with Crippen molar-refractivity contribution in [2.45, 2.75) is 6.42 Å². The summed E-state index contributed by atoms with van der Waals surface area (Å²) in [6.07, 6.45) is 0.381. The summed E-state index contributed by atoms with van der Waals surface area (Å²) in [6.45, 7) is 3.04. The van der Waals surface area contributed by atoms with E-state index in [0.717, 1.165) is 11.3 Å². The van der Waals surface area contributed by atoms with E-state index < -0.39 is 0 Å². The Morgan fingerprint density at radius 2 is 1.58 bits per heavy atom. The van der Waals surface area contributed by atoms with E-state index in [4.69, 9.17) is 11.6 Å². The molecular weight excluding hydrogens is 350 g/mol. The highest BCUT2D eigenvalue weighted by atomic mass is 35.5. The van der Waals surface area contributed by atoms with Crippen LogP contribution in [0.15, 0.2) is 54.6 Å². The summed E-state index contributed by atoms with van der Waals surface area (Å²) in [5.41, 5.74) is 1.76. The molecule has 2 amide bonds. The third-order valence-corrected chi connectivity index (χ3v) is 4.67. The van der Waals surface area contributed by atoms with Gasteiger partial charge in [-0.15, -0.1) is 0 Å². The number of hydrogen-bond donors (Lipinski definition) is 1. The Bertz CT molecular complexity index is 741. The van der Waals surface area contributed by atoms with E-state index in [9.17, 15) is 9.59 Å². The third kappa shape index (κ3) is 5.31. The van der Waals surface area contributed by atoms with Crippen molar-refractivity contribution in [3.05, 3.63) is 65.2 Å². The van der Waals surface area contributed by atoms with Gasteiger partial charge in [0, 0.05) is 36.9 Å². The van der Waals surface area contributed by atoms with E-state index in [2.05, 4.69) is 10.2 Å².